The molecule has 7 heteroatoms. The second kappa shape index (κ2) is 7.04. The van der Waals surface area contributed by atoms with Gasteiger partial charge in [-0.15, -0.1) is 0 Å². The molecule has 6 nitrogen and oxygen atoms in total. The number of aromatic nitrogens is 2. The number of carboxylic acids is 1. The summed E-state index contributed by atoms with van der Waals surface area (Å²) in [6.45, 7) is 7.77. The van der Waals surface area contributed by atoms with Crippen LogP contribution >= 0.6 is 0 Å². The van der Waals surface area contributed by atoms with E-state index >= 15 is 0 Å². The van der Waals surface area contributed by atoms with E-state index in [2.05, 4.69) is 10.4 Å². The molecule has 134 valence electrons. The first-order valence-corrected chi connectivity index (χ1v) is 7.93. The molecule has 2 N–H and O–H groups in total. The quantitative estimate of drug-likeness (QED) is 0.871. The molecule has 0 bridgehead atoms. The van der Waals surface area contributed by atoms with Crippen LogP contribution in [0.3, 0.4) is 0 Å². The van der Waals surface area contributed by atoms with Crippen LogP contribution in [-0.2, 0) is 10.3 Å². The van der Waals surface area contributed by atoms with Gasteiger partial charge in [0.15, 0.2) is 0 Å². The number of rotatable bonds is 5. The Bertz CT molecular complexity index is 776. The predicted molar refractivity (Wildman–Crippen MR) is 90.8 cm³/mol. The maximum absolute atomic E-state index is 13.1. The summed E-state index contributed by atoms with van der Waals surface area (Å²) >= 11 is 0. The van der Waals surface area contributed by atoms with Gasteiger partial charge in [-0.3, -0.25) is 14.3 Å². The zero-order valence-corrected chi connectivity index (χ0v) is 14.7. The van der Waals surface area contributed by atoms with Gasteiger partial charge in [-0.2, -0.15) is 5.10 Å². The van der Waals surface area contributed by atoms with Crippen molar-refractivity contribution in [2.24, 2.45) is 0 Å². The van der Waals surface area contributed by atoms with Gasteiger partial charge in [0.2, 0.25) is 0 Å². The minimum atomic E-state index is -1.06. The van der Waals surface area contributed by atoms with Gasteiger partial charge in [0.05, 0.1) is 18.0 Å². The van der Waals surface area contributed by atoms with Crippen LogP contribution in [0.4, 0.5) is 4.39 Å². The SMILES string of the molecule is Cc1cc(C(=O)N[C@@H](CC(=O)O)c2ccc(F)cc2)nn1C(C)(C)C. The van der Waals surface area contributed by atoms with E-state index < -0.39 is 23.7 Å². The van der Waals surface area contributed by atoms with Crippen LogP contribution < -0.4 is 5.32 Å². The summed E-state index contributed by atoms with van der Waals surface area (Å²) < 4.78 is 14.8. The highest BCUT2D eigenvalue weighted by Crippen LogP contribution is 2.20. The van der Waals surface area contributed by atoms with E-state index in [0.717, 1.165) is 5.69 Å². The van der Waals surface area contributed by atoms with Crippen molar-refractivity contribution in [3.8, 4) is 0 Å². The van der Waals surface area contributed by atoms with Crippen LogP contribution in [0.2, 0.25) is 0 Å². The standard InChI is InChI=1S/C18H22FN3O3/c1-11-9-15(21-22(11)18(2,3)4)17(25)20-14(10-16(23)24)12-5-7-13(19)8-6-12/h5-9,14H,10H2,1-4H3,(H,20,25)(H,23,24)/t14-/m0/s1. The van der Waals surface area contributed by atoms with Crippen molar-refractivity contribution in [3.05, 3.63) is 53.1 Å². The molecule has 0 spiro atoms. The molecule has 1 atom stereocenters. The number of aliphatic carboxylic acids is 1. The molecule has 0 saturated heterocycles. The number of halogens is 1. The zero-order valence-electron chi connectivity index (χ0n) is 14.7. The van der Waals surface area contributed by atoms with Crippen molar-refractivity contribution in [2.75, 3.05) is 0 Å². The smallest absolute Gasteiger partial charge is 0.305 e. The monoisotopic (exact) mass is 347 g/mol. The number of aryl methyl sites for hydroxylation is 1. The second-order valence-corrected chi connectivity index (χ2v) is 6.93. The first-order chi connectivity index (χ1) is 11.6. The van der Waals surface area contributed by atoms with E-state index in [-0.39, 0.29) is 17.7 Å². The molecule has 1 aromatic heterocycles. The number of nitrogens with zero attached hydrogens (tertiary/aromatic N) is 2. The first-order valence-electron chi connectivity index (χ1n) is 7.93. The van der Waals surface area contributed by atoms with Crippen LogP contribution in [0.15, 0.2) is 30.3 Å². The summed E-state index contributed by atoms with van der Waals surface area (Å²) in [7, 11) is 0. The third-order valence-electron chi connectivity index (χ3n) is 3.71. The largest absolute Gasteiger partial charge is 0.481 e. The fourth-order valence-electron chi connectivity index (χ4n) is 2.62. The fourth-order valence-corrected chi connectivity index (χ4v) is 2.62. The highest BCUT2D eigenvalue weighted by Gasteiger charge is 2.23. The average molecular weight is 347 g/mol. The Morgan fingerprint density at radius 1 is 1.28 bits per heavy atom. The lowest BCUT2D eigenvalue weighted by atomic mass is 10.0. The molecule has 0 aliphatic heterocycles. The lowest BCUT2D eigenvalue weighted by Gasteiger charge is -2.21. The lowest BCUT2D eigenvalue weighted by Crippen LogP contribution is -2.31. The molecular weight excluding hydrogens is 325 g/mol. The Morgan fingerprint density at radius 2 is 1.88 bits per heavy atom. The topological polar surface area (TPSA) is 84.2 Å². The van der Waals surface area contributed by atoms with Gasteiger partial charge in [0.25, 0.3) is 5.91 Å². The summed E-state index contributed by atoms with van der Waals surface area (Å²) in [5.74, 6) is -1.96. The van der Waals surface area contributed by atoms with Gasteiger partial charge in [-0.25, -0.2) is 4.39 Å². The van der Waals surface area contributed by atoms with Crippen molar-refractivity contribution >= 4 is 11.9 Å². The molecule has 1 amide bonds. The van der Waals surface area contributed by atoms with Gasteiger partial charge in [0, 0.05) is 5.69 Å². The summed E-state index contributed by atoms with van der Waals surface area (Å²) in [4.78, 5) is 23.6. The predicted octanol–water partition coefficient (Wildman–Crippen LogP) is 3.03. The van der Waals surface area contributed by atoms with Gasteiger partial charge in [-0.1, -0.05) is 12.1 Å². The Morgan fingerprint density at radius 3 is 2.36 bits per heavy atom. The molecule has 2 rings (SSSR count). The zero-order chi connectivity index (χ0) is 18.8. The van der Waals surface area contributed by atoms with Gasteiger partial charge in [0.1, 0.15) is 11.5 Å². The number of benzene rings is 1. The van der Waals surface area contributed by atoms with Crippen LogP contribution in [0.1, 0.15) is 55.0 Å². The minimum absolute atomic E-state index is 0.213. The molecular formula is C18H22FN3O3. The number of amides is 1. The number of carbonyl (C=O) groups excluding carboxylic acids is 1. The number of carboxylic acid groups (broad SMARTS) is 1. The normalized spacial score (nSPS) is 12.7. The van der Waals surface area contributed by atoms with E-state index in [0.29, 0.717) is 5.56 Å². The van der Waals surface area contributed by atoms with E-state index in [4.69, 9.17) is 5.11 Å². The Hall–Kier alpha value is -2.70. The van der Waals surface area contributed by atoms with E-state index in [1.165, 1.54) is 24.3 Å². The van der Waals surface area contributed by atoms with Crippen molar-refractivity contribution in [3.63, 3.8) is 0 Å². The Labute approximate surface area is 145 Å². The van der Waals surface area contributed by atoms with Gasteiger partial charge in [-0.05, 0) is 51.5 Å². The van der Waals surface area contributed by atoms with E-state index in [1.54, 1.807) is 10.7 Å². The molecule has 0 radical (unpaired) electrons. The maximum Gasteiger partial charge on any atom is 0.305 e. The highest BCUT2D eigenvalue weighted by atomic mass is 19.1. The second-order valence-electron chi connectivity index (χ2n) is 6.93. The number of nitrogens with one attached hydrogen (secondary N) is 1. The molecule has 0 saturated carbocycles. The van der Waals surface area contributed by atoms with Crippen molar-refractivity contribution < 1.29 is 19.1 Å². The molecule has 0 fully saturated rings. The summed E-state index contributed by atoms with van der Waals surface area (Å²) in [6.07, 6.45) is -0.309. The minimum Gasteiger partial charge on any atom is -0.481 e. The van der Waals surface area contributed by atoms with E-state index in [9.17, 15) is 14.0 Å². The third kappa shape index (κ3) is 4.65. The van der Waals surface area contributed by atoms with Crippen molar-refractivity contribution in [2.45, 2.75) is 45.7 Å². The molecule has 0 aliphatic carbocycles. The van der Waals surface area contributed by atoms with Crippen LogP contribution in [0.5, 0.6) is 0 Å². The molecule has 0 aliphatic rings. The average Bonchev–Trinajstić information content (AvgIpc) is 2.89. The fraction of sp³-hybridized carbons (Fsp3) is 0.389. The van der Waals surface area contributed by atoms with E-state index in [1.807, 2.05) is 27.7 Å². The van der Waals surface area contributed by atoms with Crippen LogP contribution in [-0.4, -0.2) is 26.8 Å². The van der Waals surface area contributed by atoms with Crippen molar-refractivity contribution in [1.82, 2.24) is 15.1 Å². The van der Waals surface area contributed by atoms with Gasteiger partial charge >= 0.3 is 5.97 Å². The molecule has 0 unspecified atom stereocenters. The Balaban J connectivity index is 2.25. The molecule has 25 heavy (non-hydrogen) atoms. The van der Waals surface area contributed by atoms with Crippen molar-refractivity contribution in [1.29, 1.82) is 0 Å². The lowest BCUT2D eigenvalue weighted by molar-refractivity contribution is -0.137. The summed E-state index contributed by atoms with van der Waals surface area (Å²) in [5, 5.41) is 16.1. The molecule has 1 aromatic carbocycles. The van der Waals surface area contributed by atoms with Crippen LogP contribution in [0, 0.1) is 12.7 Å². The van der Waals surface area contributed by atoms with Crippen LogP contribution in [0.25, 0.3) is 0 Å². The third-order valence-corrected chi connectivity index (χ3v) is 3.71. The first kappa shape index (κ1) is 18.6. The highest BCUT2D eigenvalue weighted by molar-refractivity contribution is 5.93. The maximum atomic E-state index is 13.1. The molecule has 2 aromatic rings. The number of hydrogen-bond acceptors (Lipinski definition) is 3. The van der Waals surface area contributed by atoms with Gasteiger partial charge < -0.3 is 10.4 Å². The summed E-state index contributed by atoms with van der Waals surface area (Å²) in [6, 6.07) is 6.27. The number of hydrogen-bond donors (Lipinski definition) is 2. The number of carbonyl (C=O) groups is 2. The summed E-state index contributed by atoms with van der Waals surface area (Å²) in [5.41, 5.74) is 1.28. The molecule has 1 heterocycles. The Kier molecular flexibility index (Phi) is 5.25.